The molecule has 0 aliphatic heterocycles. The molecule has 0 amide bonds. The zero-order valence-electron chi connectivity index (χ0n) is 18.9. The minimum atomic E-state index is -0.972. The second kappa shape index (κ2) is 7.96. The van der Waals surface area contributed by atoms with Gasteiger partial charge in [0.2, 0.25) is 0 Å². The van der Waals surface area contributed by atoms with E-state index in [9.17, 15) is 14.7 Å². The molecular weight excluding hydrogens is 392 g/mol. The minimum Gasteiger partial charge on any atom is -0.481 e. The number of allylic oxidation sites excluding steroid dienone is 1. The number of carbonyl (C=O) groups is 2. The van der Waals surface area contributed by atoms with Gasteiger partial charge < -0.3 is 14.9 Å². The topological polar surface area (TPSA) is 83.8 Å². The number of hydrogen-bond donors (Lipinski definition) is 2. The molecule has 0 radical (unpaired) electrons. The standard InChI is InChI=1S/C26H36O5/c1-4-26(30)15-12-21-19-9-8-17-16-18(31-23(29)7-5-6-22(27)28)10-13-24(17,2)20(19)11-14-25(21,26)3/h1,8,18-21,30H,5-7,9-16H2,2-3H3,(H,27,28)/t18-,19-,20+,21+,24-,25-,26-/m0/s1. The molecule has 4 aliphatic carbocycles. The van der Waals surface area contributed by atoms with Crippen LogP contribution < -0.4 is 0 Å². The van der Waals surface area contributed by atoms with Crippen LogP contribution >= 0.6 is 0 Å². The first kappa shape index (κ1) is 22.4. The van der Waals surface area contributed by atoms with Crippen molar-refractivity contribution >= 4 is 11.9 Å². The molecule has 4 aliphatic rings. The number of carbonyl (C=O) groups excluding carboxylic acids is 1. The summed E-state index contributed by atoms with van der Waals surface area (Å²) in [5.41, 5.74) is 0.401. The van der Waals surface area contributed by atoms with Crippen molar-refractivity contribution in [1.29, 1.82) is 0 Å². The van der Waals surface area contributed by atoms with Crippen molar-refractivity contribution in [2.45, 2.75) is 96.2 Å². The van der Waals surface area contributed by atoms with E-state index in [0.29, 0.717) is 30.6 Å². The number of fused-ring (bicyclic) bond motifs is 5. The summed E-state index contributed by atoms with van der Waals surface area (Å²) in [7, 11) is 0. The van der Waals surface area contributed by atoms with E-state index in [1.807, 2.05) is 0 Å². The van der Waals surface area contributed by atoms with Crippen LogP contribution in [0, 0.1) is 40.9 Å². The van der Waals surface area contributed by atoms with Gasteiger partial charge in [0, 0.05) is 24.7 Å². The number of aliphatic hydroxyl groups is 1. The Balaban J connectivity index is 1.44. The SMILES string of the molecule is C#C[C@]1(O)CC[C@@H]2[C@H]3CC=C4C[C@@H](OC(=O)CCCC(=O)O)CC[C@]4(C)[C@@H]3CC[C@@]21C. The summed E-state index contributed by atoms with van der Waals surface area (Å²) >= 11 is 0. The second-order valence-corrected chi connectivity index (χ2v) is 10.9. The number of terminal acetylenes is 1. The lowest BCUT2D eigenvalue weighted by Gasteiger charge is -2.58. The number of ether oxygens (including phenoxy) is 1. The predicted molar refractivity (Wildman–Crippen MR) is 117 cm³/mol. The molecule has 0 bridgehead atoms. The van der Waals surface area contributed by atoms with Gasteiger partial charge in [0.1, 0.15) is 11.7 Å². The van der Waals surface area contributed by atoms with E-state index in [-0.39, 0.29) is 35.7 Å². The Morgan fingerprint density at radius 3 is 2.61 bits per heavy atom. The van der Waals surface area contributed by atoms with Gasteiger partial charge in [0.05, 0.1) is 0 Å². The van der Waals surface area contributed by atoms with Gasteiger partial charge in [-0.1, -0.05) is 31.4 Å². The maximum Gasteiger partial charge on any atom is 0.306 e. The van der Waals surface area contributed by atoms with Crippen LogP contribution in [0.3, 0.4) is 0 Å². The highest BCUT2D eigenvalue weighted by Gasteiger charge is 2.63. The van der Waals surface area contributed by atoms with Crippen molar-refractivity contribution in [3.8, 4) is 12.3 Å². The minimum absolute atomic E-state index is 0.000940. The molecule has 31 heavy (non-hydrogen) atoms. The maximum absolute atomic E-state index is 12.1. The lowest BCUT2D eigenvalue weighted by Crippen LogP contribution is -2.54. The molecule has 0 unspecified atom stereocenters. The highest BCUT2D eigenvalue weighted by molar-refractivity contribution is 5.71. The lowest BCUT2D eigenvalue weighted by atomic mass is 9.47. The number of carboxylic acids is 1. The first-order chi connectivity index (χ1) is 14.6. The van der Waals surface area contributed by atoms with Crippen LogP contribution in [0.5, 0.6) is 0 Å². The fourth-order valence-corrected chi connectivity index (χ4v) is 7.61. The van der Waals surface area contributed by atoms with Gasteiger partial charge in [-0.3, -0.25) is 9.59 Å². The van der Waals surface area contributed by atoms with Crippen molar-refractivity contribution in [2.24, 2.45) is 28.6 Å². The van der Waals surface area contributed by atoms with E-state index >= 15 is 0 Å². The third-order valence-electron chi connectivity index (χ3n) is 9.52. The Morgan fingerprint density at radius 2 is 1.90 bits per heavy atom. The van der Waals surface area contributed by atoms with Crippen LogP contribution in [-0.2, 0) is 14.3 Å². The molecule has 4 rings (SSSR count). The molecule has 3 saturated carbocycles. The molecule has 0 heterocycles. The molecule has 0 spiro atoms. The van der Waals surface area contributed by atoms with Gasteiger partial charge in [-0.15, -0.1) is 6.42 Å². The van der Waals surface area contributed by atoms with E-state index in [0.717, 1.165) is 44.9 Å². The van der Waals surface area contributed by atoms with Gasteiger partial charge in [-0.2, -0.15) is 0 Å². The molecule has 3 fully saturated rings. The Bertz CT molecular complexity index is 824. The monoisotopic (exact) mass is 428 g/mol. The number of esters is 1. The van der Waals surface area contributed by atoms with Crippen LogP contribution in [0.4, 0.5) is 0 Å². The Kier molecular flexibility index (Phi) is 5.75. The van der Waals surface area contributed by atoms with Crippen LogP contribution in [0.1, 0.15) is 84.5 Å². The van der Waals surface area contributed by atoms with Crippen LogP contribution in [-0.4, -0.2) is 33.9 Å². The van der Waals surface area contributed by atoms with E-state index < -0.39 is 11.6 Å². The summed E-state index contributed by atoms with van der Waals surface area (Å²) in [5.74, 6) is 3.20. The average Bonchev–Trinajstić information content (AvgIpc) is 2.99. The molecule has 5 nitrogen and oxygen atoms in total. The number of hydrogen-bond acceptors (Lipinski definition) is 4. The van der Waals surface area contributed by atoms with Gasteiger partial charge in [0.25, 0.3) is 0 Å². The fourth-order valence-electron chi connectivity index (χ4n) is 7.61. The lowest BCUT2D eigenvalue weighted by molar-refractivity contribution is -0.152. The molecule has 0 aromatic heterocycles. The van der Waals surface area contributed by atoms with Crippen molar-refractivity contribution in [3.05, 3.63) is 11.6 Å². The van der Waals surface area contributed by atoms with E-state index in [1.165, 1.54) is 5.57 Å². The molecule has 0 aromatic carbocycles. The van der Waals surface area contributed by atoms with Gasteiger partial charge in [-0.25, -0.2) is 0 Å². The van der Waals surface area contributed by atoms with Crippen molar-refractivity contribution < 1.29 is 24.5 Å². The second-order valence-electron chi connectivity index (χ2n) is 10.9. The third kappa shape index (κ3) is 3.61. The Hall–Kier alpha value is -1.80. The van der Waals surface area contributed by atoms with Gasteiger partial charge in [0.15, 0.2) is 0 Å². The van der Waals surface area contributed by atoms with Crippen LogP contribution in [0.2, 0.25) is 0 Å². The normalized spacial score (nSPS) is 43.6. The smallest absolute Gasteiger partial charge is 0.306 e. The van der Waals surface area contributed by atoms with Crippen molar-refractivity contribution in [3.63, 3.8) is 0 Å². The molecule has 170 valence electrons. The van der Waals surface area contributed by atoms with E-state index in [2.05, 4.69) is 25.8 Å². The average molecular weight is 429 g/mol. The molecule has 0 saturated heterocycles. The number of carboxylic acid groups (broad SMARTS) is 1. The summed E-state index contributed by atoms with van der Waals surface area (Å²) in [5, 5.41) is 19.9. The van der Waals surface area contributed by atoms with Gasteiger partial charge >= 0.3 is 11.9 Å². The predicted octanol–water partition coefficient (Wildman–Crippen LogP) is 4.48. The quantitative estimate of drug-likeness (QED) is 0.383. The molecule has 7 atom stereocenters. The molecular formula is C26H36O5. The van der Waals surface area contributed by atoms with Gasteiger partial charge in [-0.05, 0) is 74.5 Å². The summed E-state index contributed by atoms with van der Waals surface area (Å²) in [4.78, 5) is 22.8. The first-order valence-corrected chi connectivity index (χ1v) is 11.9. The highest BCUT2D eigenvalue weighted by atomic mass is 16.5. The third-order valence-corrected chi connectivity index (χ3v) is 9.52. The maximum atomic E-state index is 12.1. The van der Waals surface area contributed by atoms with Crippen molar-refractivity contribution in [2.75, 3.05) is 0 Å². The Labute approximate surface area is 185 Å². The highest BCUT2D eigenvalue weighted by Crippen LogP contribution is 2.67. The van der Waals surface area contributed by atoms with Crippen molar-refractivity contribution in [1.82, 2.24) is 0 Å². The summed E-state index contributed by atoms with van der Waals surface area (Å²) in [6.45, 7) is 4.61. The fraction of sp³-hybridized carbons (Fsp3) is 0.769. The van der Waals surface area contributed by atoms with E-state index in [1.54, 1.807) is 0 Å². The molecule has 2 N–H and O–H groups in total. The van der Waals surface area contributed by atoms with Crippen LogP contribution in [0.15, 0.2) is 11.6 Å². The first-order valence-electron chi connectivity index (χ1n) is 11.9. The number of rotatable bonds is 5. The number of aliphatic carboxylic acids is 1. The van der Waals surface area contributed by atoms with Crippen LogP contribution in [0.25, 0.3) is 0 Å². The summed E-state index contributed by atoms with van der Waals surface area (Å²) < 4.78 is 5.70. The molecule has 5 heteroatoms. The summed E-state index contributed by atoms with van der Waals surface area (Å²) in [6, 6.07) is 0. The Morgan fingerprint density at radius 1 is 1.16 bits per heavy atom. The van der Waals surface area contributed by atoms with E-state index in [4.69, 9.17) is 16.3 Å². The largest absolute Gasteiger partial charge is 0.481 e. The zero-order valence-corrected chi connectivity index (χ0v) is 18.9. The zero-order chi connectivity index (χ0) is 22.4. The summed E-state index contributed by atoms with van der Waals surface area (Å²) in [6.07, 6.45) is 16.0. The molecule has 0 aromatic rings.